The molecule has 1 aromatic heterocycles. The number of pyridine rings is 1. The average Bonchev–Trinajstić information content (AvgIpc) is 3.20. The van der Waals surface area contributed by atoms with Crippen LogP contribution in [0.1, 0.15) is 30.4 Å². The summed E-state index contributed by atoms with van der Waals surface area (Å²) in [5.41, 5.74) is 0.270. The van der Waals surface area contributed by atoms with Crippen molar-refractivity contribution in [3.8, 4) is 0 Å². The molecule has 1 aliphatic heterocycles. The lowest BCUT2D eigenvalue weighted by molar-refractivity contribution is -0.137. The highest BCUT2D eigenvalue weighted by Gasteiger charge is 2.30. The summed E-state index contributed by atoms with van der Waals surface area (Å²) in [6.45, 7) is 3.75. The van der Waals surface area contributed by atoms with Crippen LogP contribution in [0.3, 0.4) is 0 Å². The van der Waals surface area contributed by atoms with Crippen molar-refractivity contribution in [2.24, 2.45) is 4.99 Å². The monoisotopic (exact) mass is 577 g/mol. The highest BCUT2D eigenvalue weighted by Crippen LogP contribution is 2.29. The maximum Gasteiger partial charge on any atom is 0.416 e. The van der Waals surface area contributed by atoms with Crippen LogP contribution >= 0.6 is 24.0 Å². The average molecular weight is 577 g/mol. The van der Waals surface area contributed by atoms with Gasteiger partial charge in [0.25, 0.3) is 0 Å². The summed E-state index contributed by atoms with van der Waals surface area (Å²) in [6.07, 6.45) is 0.236. The number of unbranched alkanes of at least 4 members (excludes halogenated alkanes) is 1. The maximum absolute atomic E-state index is 12.7. The number of aromatic nitrogens is 1. The van der Waals surface area contributed by atoms with Gasteiger partial charge in [-0.05, 0) is 43.0 Å². The Bertz CT molecular complexity index is 946. The largest absolute Gasteiger partial charge is 0.416 e. The molecule has 2 aromatic rings. The SMILES string of the molecule is CN=C(NCCCCn1ccccc1=O)NC1CCN(Cc2ccc(C(F)(F)F)cc2)C1.I. The summed E-state index contributed by atoms with van der Waals surface area (Å²) in [6, 6.07) is 10.8. The Morgan fingerprint density at radius 2 is 1.91 bits per heavy atom. The summed E-state index contributed by atoms with van der Waals surface area (Å²) in [5, 5.41) is 6.73. The molecule has 1 saturated heterocycles. The first-order chi connectivity index (χ1) is 15.3. The van der Waals surface area contributed by atoms with Crippen molar-refractivity contribution in [2.45, 2.75) is 44.6 Å². The highest BCUT2D eigenvalue weighted by atomic mass is 127. The van der Waals surface area contributed by atoms with Gasteiger partial charge in [0.15, 0.2) is 5.96 Å². The van der Waals surface area contributed by atoms with E-state index in [1.807, 2.05) is 6.07 Å². The fraction of sp³-hybridized carbons (Fsp3) is 0.478. The molecule has 3 rings (SSSR count). The first kappa shape index (κ1) is 27.2. The number of alkyl halides is 3. The molecule has 1 atom stereocenters. The Balaban J connectivity index is 0.00000385. The second-order valence-electron chi connectivity index (χ2n) is 8.00. The molecule has 1 aliphatic rings. The molecule has 0 amide bonds. The molecule has 1 unspecified atom stereocenters. The molecule has 0 spiro atoms. The zero-order valence-electron chi connectivity index (χ0n) is 18.6. The van der Waals surface area contributed by atoms with Crippen molar-refractivity contribution < 1.29 is 13.2 Å². The topological polar surface area (TPSA) is 61.7 Å². The number of aliphatic imine (C=N–C) groups is 1. The minimum absolute atomic E-state index is 0. The van der Waals surface area contributed by atoms with Gasteiger partial charge < -0.3 is 15.2 Å². The van der Waals surface area contributed by atoms with E-state index in [9.17, 15) is 18.0 Å². The van der Waals surface area contributed by atoms with Crippen LogP contribution in [0.25, 0.3) is 0 Å². The highest BCUT2D eigenvalue weighted by molar-refractivity contribution is 14.0. The Labute approximate surface area is 209 Å². The summed E-state index contributed by atoms with van der Waals surface area (Å²) in [4.78, 5) is 18.2. The van der Waals surface area contributed by atoms with Crippen molar-refractivity contribution in [2.75, 3.05) is 26.7 Å². The molecular weight excluding hydrogens is 546 g/mol. The number of halogens is 4. The van der Waals surface area contributed by atoms with E-state index in [4.69, 9.17) is 0 Å². The first-order valence-electron chi connectivity index (χ1n) is 10.9. The van der Waals surface area contributed by atoms with Crippen LogP contribution in [0, 0.1) is 0 Å². The molecule has 0 bridgehead atoms. The van der Waals surface area contributed by atoms with E-state index in [-0.39, 0.29) is 35.6 Å². The Hall–Kier alpha value is -2.08. The van der Waals surface area contributed by atoms with Crippen molar-refractivity contribution in [3.05, 3.63) is 70.1 Å². The molecule has 0 radical (unpaired) electrons. The van der Waals surface area contributed by atoms with Crippen molar-refractivity contribution in [3.63, 3.8) is 0 Å². The molecular formula is C23H31F3IN5O. The van der Waals surface area contributed by atoms with E-state index in [0.29, 0.717) is 13.1 Å². The lowest BCUT2D eigenvalue weighted by Crippen LogP contribution is -2.44. The van der Waals surface area contributed by atoms with Gasteiger partial charge >= 0.3 is 6.18 Å². The number of guanidine groups is 1. The third-order valence-corrected chi connectivity index (χ3v) is 5.54. The van der Waals surface area contributed by atoms with Gasteiger partial charge in [-0.25, -0.2) is 0 Å². The van der Waals surface area contributed by atoms with Gasteiger partial charge in [-0.2, -0.15) is 13.2 Å². The number of aryl methyl sites for hydroxylation is 1. The van der Waals surface area contributed by atoms with Crippen LogP contribution in [0.5, 0.6) is 0 Å². The molecule has 182 valence electrons. The normalized spacial score (nSPS) is 17.0. The maximum atomic E-state index is 12.7. The van der Waals surface area contributed by atoms with Gasteiger partial charge in [0, 0.05) is 58.1 Å². The summed E-state index contributed by atoms with van der Waals surface area (Å²) < 4.78 is 39.8. The lowest BCUT2D eigenvalue weighted by Gasteiger charge is -2.19. The predicted molar refractivity (Wildman–Crippen MR) is 135 cm³/mol. The standard InChI is InChI=1S/C23H30F3N5O.HI/c1-27-22(28-12-3-5-14-31-13-4-2-6-21(31)32)29-20-11-15-30(17-20)16-18-7-9-19(10-8-18)23(24,25)26;/h2,4,6-10,13,20H,3,5,11-12,14-17H2,1H3,(H2,27,28,29);1H. The smallest absolute Gasteiger partial charge is 0.356 e. The Kier molecular flexibility index (Phi) is 10.7. The van der Waals surface area contributed by atoms with Crippen LogP contribution in [0.4, 0.5) is 13.2 Å². The number of hydrogen-bond donors (Lipinski definition) is 2. The second kappa shape index (κ2) is 13.0. The second-order valence-corrected chi connectivity index (χ2v) is 8.00. The van der Waals surface area contributed by atoms with Gasteiger partial charge in [-0.3, -0.25) is 14.7 Å². The van der Waals surface area contributed by atoms with Gasteiger partial charge in [0.2, 0.25) is 5.56 Å². The fourth-order valence-electron chi connectivity index (χ4n) is 3.80. The molecule has 1 fully saturated rings. The Morgan fingerprint density at radius 3 is 2.58 bits per heavy atom. The van der Waals surface area contributed by atoms with Crippen LogP contribution in [0.2, 0.25) is 0 Å². The number of nitrogens with one attached hydrogen (secondary N) is 2. The number of hydrogen-bond acceptors (Lipinski definition) is 3. The zero-order chi connectivity index (χ0) is 23.0. The summed E-state index contributed by atoms with van der Waals surface area (Å²) >= 11 is 0. The van der Waals surface area contributed by atoms with Crippen LogP contribution in [-0.4, -0.2) is 48.2 Å². The third kappa shape index (κ3) is 8.65. The quantitative estimate of drug-likeness (QED) is 0.218. The number of rotatable bonds is 8. The molecule has 2 heterocycles. The van der Waals surface area contributed by atoms with Crippen LogP contribution in [0.15, 0.2) is 58.4 Å². The molecule has 0 saturated carbocycles. The number of nitrogens with zero attached hydrogens (tertiary/aromatic N) is 3. The van der Waals surface area contributed by atoms with Gasteiger partial charge in [0.1, 0.15) is 0 Å². The third-order valence-electron chi connectivity index (χ3n) is 5.54. The van der Waals surface area contributed by atoms with Crippen LogP contribution in [-0.2, 0) is 19.3 Å². The molecule has 2 N–H and O–H groups in total. The lowest BCUT2D eigenvalue weighted by atomic mass is 10.1. The van der Waals surface area contributed by atoms with E-state index >= 15 is 0 Å². The zero-order valence-corrected chi connectivity index (χ0v) is 21.0. The minimum atomic E-state index is -4.30. The first-order valence-corrected chi connectivity index (χ1v) is 10.9. The van der Waals surface area contributed by atoms with Crippen molar-refractivity contribution >= 4 is 29.9 Å². The van der Waals surface area contributed by atoms with Crippen molar-refractivity contribution in [1.82, 2.24) is 20.1 Å². The molecule has 6 nitrogen and oxygen atoms in total. The predicted octanol–water partition coefficient (Wildman–Crippen LogP) is 3.70. The Morgan fingerprint density at radius 1 is 1.15 bits per heavy atom. The van der Waals surface area contributed by atoms with Gasteiger partial charge in [-0.1, -0.05) is 18.2 Å². The van der Waals surface area contributed by atoms with E-state index < -0.39 is 11.7 Å². The number of benzene rings is 1. The van der Waals surface area contributed by atoms with Crippen LogP contribution < -0.4 is 16.2 Å². The fourth-order valence-corrected chi connectivity index (χ4v) is 3.80. The molecule has 10 heteroatoms. The molecule has 1 aromatic carbocycles. The molecule has 0 aliphatic carbocycles. The van der Waals surface area contributed by atoms with Crippen molar-refractivity contribution in [1.29, 1.82) is 0 Å². The van der Waals surface area contributed by atoms with E-state index in [1.54, 1.807) is 42.1 Å². The summed E-state index contributed by atoms with van der Waals surface area (Å²) in [7, 11) is 1.73. The van der Waals surface area contributed by atoms with E-state index in [2.05, 4.69) is 20.5 Å². The van der Waals surface area contributed by atoms with E-state index in [0.717, 1.165) is 62.6 Å². The van der Waals surface area contributed by atoms with Gasteiger partial charge in [-0.15, -0.1) is 24.0 Å². The number of likely N-dealkylation sites (tertiary alicyclic amines) is 1. The summed E-state index contributed by atoms with van der Waals surface area (Å²) in [5.74, 6) is 0.739. The van der Waals surface area contributed by atoms with E-state index in [1.165, 1.54) is 0 Å². The minimum Gasteiger partial charge on any atom is -0.356 e. The van der Waals surface area contributed by atoms with Gasteiger partial charge in [0.05, 0.1) is 5.56 Å². The molecule has 33 heavy (non-hydrogen) atoms.